The molecular formula is C13H7N5O. The highest BCUT2D eigenvalue weighted by molar-refractivity contribution is 6.02. The van der Waals surface area contributed by atoms with E-state index in [4.69, 9.17) is 0 Å². The van der Waals surface area contributed by atoms with Crippen molar-refractivity contribution in [2.75, 3.05) is 0 Å². The molecule has 4 aromatic rings. The minimum absolute atomic E-state index is 0.334. The van der Waals surface area contributed by atoms with Crippen LogP contribution in [0.15, 0.2) is 41.5 Å². The van der Waals surface area contributed by atoms with Gasteiger partial charge in [-0.25, -0.2) is 15.0 Å². The van der Waals surface area contributed by atoms with Gasteiger partial charge in [-0.1, -0.05) is 12.1 Å². The van der Waals surface area contributed by atoms with E-state index in [0.29, 0.717) is 27.6 Å². The van der Waals surface area contributed by atoms with E-state index in [1.807, 2.05) is 18.2 Å². The molecule has 0 saturated carbocycles. The van der Waals surface area contributed by atoms with Crippen molar-refractivity contribution in [3.8, 4) is 0 Å². The van der Waals surface area contributed by atoms with Gasteiger partial charge < -0.3 is 0 Å². The summed E-state index contributed by atoms with van der Waals surface area (Å²) in [5.74, 6) is 0. The van der Waals surface area contributed by atoms with E-state index in [-0.39, 0.29) is 5.56 Å². The number of fused-ring (bicyclic) bond motifs is 4. The number of nitrogens with zero attached hydrogens (tertiary/aromatic N) is 4. The molecule has 0 atom stereocenters. The van der Waals surface area contributed by atoms with Gasteiger partial charge in [0, 0.05) is 6.20 Å². The van der Waals surface area contributed by atoms with Gasteiger partial charge in [-0.15, -0.1) is 0 Å². The Labute approximate surface area is 106 Å². The van der Waals surface area contributed by atoms with Crippen LogP contribution in [-0.2, 0) is 0 Å². The van der Waals surface area contributed by atoms with Crippen LogP contribution in [0.2, 0.25) is 0 Å². The van der Waals surface area contributed by atoms with Crippen molar-refractivity contribution in [3.63, 3.8) is 0 Å². The zero-order valence-electron chi connectivity index (χ0n) is 9.66. The fourth-order valence-electron chi connectivity index (χ4n) is 2.11. The van der Waals surface area contributed by atoms with Crippen LogP contribution < -0.4 is 5.56 Å². The molecule has 1 N–H and O–H groups in total. The fourth-order valence-corrected chi connectivity index (χ4v) is 2.11. The standard InChI is InChI=1S/C13H7N5O/c19-13-8-5-14-12-7(6-15-18-12)11(8)16-9-3-1-2-4-10(9)17-13/h1-6H,(H,14,15,18). The van der Waals surface area contributed by atoms with Gasteiger partial charge >= 0.3 is 0 Å². The van der Waals surface area contributed by atoms with E-state index in [0.717, 1.165) is 5.39 Å². The quantitative estimate of drug-likeness (QED) is 0.509. The molecule has 1 aromatic carbocycles. The average molecular weight is 249 g/mol. The Morgan fingerprint density at radius 1 is 0.947 bits per heavy atom. The minimum atomic E-state index is -0.334. The van der Waals surface area contributed by atoms with Gasteiger partial charge in [0.1, 0.15) is 0 Å². The van der Waals surface area contributed by atoms with Crippen molar-refractivity contribution in [1.29, 1.82) is 0 Å². The lowest BCUT2D eigenvalue weighted by Gasteiger charge is -1.91. The summed E-state index contributed by atoms with van der Waals surface area (Å²) >= 11 is 0. The van der Waals surface area contributed by atoms with E-state index in [2.05, 4.69) is 25.1 Å². The highest BCUT2D eigenvalue weighted by Crippen LogP contribution is 2.18. The summed E-state index contributed by atoms with van der Waals surface area (Å²) in [7, 11) is 0. The average Bonchev–Trinajstić information content (AvgIpc) is 2.84. The lowest BCUT2D eigenvalue weighted by atomic mass is 10.2. The number of aromatic nitrogens is 5. The fraction of sp³-hybridized carbons (Fsp3) is 0. The van der Waals surface area contributed by atoms with Crippen LogP contribution in [0, 0.1) is 0 Å². The Kier molecular flexibility index (Phi) is 1.88. The van der Waals surface area contributed by atoms with Crippen molar-refractivity contribution in [1.82, 2.24) is 25.1 Å². The molecule has 4 rings (SSSR count). The molecule has 6 heteroatoms. The first-order chi connectivity index (χ1) is 9.33. The number of pyridine rings is 1. The zero-order valence-corrected chi connectivity index (χ0v) is 9.66. The van der Waals surface area contributed by atoms with Crippen molar-refractivity contribution in [2.24, 2.45) is 0 Å². The topological polar surface area (TPSA) is 84.4 Å². The summed E-state index contributed by atoms with van der Waals surface area (Å²) in [4.78, 5) is 24.9. The van der Waals surface area contributed by atoms with Crippen LogP contribution in [-0.4, -0.2) is 25.1 Å². The minimum Gasteiger partial charge on any atom is -0.267 e. The van der Waals surface area contributed by atoms with Crippen LogP contribution in [0.4, 0.5) is 0 Å². The third-order valence-electron chi connectivity index (χ3n) is 3.02. The summed E-state index contributed by atoms with van der Waals surface area (Å²) in [5, 5.41) is 7.81. The Bertz CT molecular complexity index is 992. The van der Waals surface area contributed by atoms with Crippen molar-refractivity contribution < 1.29 is 0 Å². The second-order valence-corrected chi connectivity index (χ2v) is 4.17. The van der Waals surface area contributed by atoms with Crippen molar-refractivity contribution in [2.45, 2.75) is 0 Å². The third kappa shape index (κ3) is 1.40. The molecular weight excluding hydrogens is 242 g/mol. The molecule has 0 aliphatic heterocycles. The summed E-state index contributed by atoms with van der Waals surface area (Å²) < 4.78 is 0. The molecule has 0 spiro atoms. The van der Waals surface area contributed by atoms with Crippen LogP contribution in [0.5, 0.6) is 0 Å². The summed E-state index contributed by atoms with van der Waals surface area (Å²) in [5.41, 5.74) is 2.08. The number of benzene rings is 1. The second-order valence-electron chi connectivity index (χ2n) is 4.17. The Hall–Kier alpha value is -2.89. The number of hydrogen-bond acceptors (Lipinski definition) is 5. The van der Waals surface area contributed by atoms with Crippen LogP contribution >= 0.6 is 0 Å². The van der Waals surface area contributed by atoms with Crippen LogP contribution in [0.25, 0.3) is 33.0 Å². The predicted octanol–water partition coefficient (Wildman–Crippen LogP) is 1.41. The van der Waals surface area contributed by atoms with E-state index < -0.39 is 0 Å². The normalized spacial score (nSPS) is 11.4. The smallest absolute Gasteiger partial charge is 0.267 e. The summed E-state index contributed by atoms with van der Waals surface area (Å²) in [6.45, 7) is 0. The van der Waals surface area contributed by atoms with Crippen LogP contribution in [0.3, 0.4) is 0 Å². The van der Waals surface area contributed by atoms with E-state index >= 15 is 0 Å². The van der Waals surface area contributed by atoms with Crippen molar-refractivity contribution in [3.05, 3.63) is 47.0 Å². The number of hydrogen-bond donors (Lipinski definition) is 1. The number of para-hydroxylation sites is 2. The Morgan fingerprint density at radius 3 is 2.58 bits per heavy atom. The lowest BCUT2D eigenvalue weighted by molar-refractivity contribution is 1.10. The van der Waals surface area contributed by atoms with Gasteiger partial charge in [0.2, 0.25) is 0 Å². The molecule has 0 aliphatic carbocycles. The van der Waals surface area contributed by atoms with Gasteiger partial charge in [0.15, 0.2) is 5.65 Å². The Balaban J connectivity index is 2.39. The van der Waals surface area contributed by atoms with Gasteiger partial charge in [-0.2, -0.15) is 5.10 Å². The number of aromatic amines is 1. The summed E-state index contributed by atoms with van der Waals surface area (Å²) in [6.07, 6.45) is 3.10. The molecule has 3 aromatic heterocycles. The molecule has 0 radical (unpaired) electrons. The molecule has 0 unspecified atom stereocenters. The molecule has 0 saturated heterocycles. The van der Waals surface area contributed by atoms with Crippen LogP contribution in [0.1, 0.15) is 0 Å². The molecule has 90 valence electrons. The van der Waals surface area contributed by atoms with Gasteiger partial charge in [-0.05, 0) is 12.1 Å². The maximum Gasteiger partial charge on any atom is 0.281 e. The predicted molar refractivity (Wildman–Crippen MR) is 70.8 cm³/mol. The molecule has 0 fully saturated rings. The van der Waals surface area contributed by atoms with E-state index in [1.54, 1.807) is 12.3 Å². The third-order valence-corrected chi connectivity index (χ3v) is 3.02. The monoisotopic (exact) mass is 249 g/mol. The highest BCUT2D eigenvalue weighted by atomic mass is 16.1. The maximum atomic E-state index is 12.1. The molecule has 0 bridgehead atoms. The Morgan fingerprint density at radius 2 is 1.74 bits per heavy atom. The van der Waals surface area contributed by atoms with Gasteiger partial charge in [0.25, 0.3) is 5.56 Å². The second kappa shape index (κ2) is 3.55. The largest absolute Gasteiger partial charge is 0.281 e. The first-order valence-electron chi connectivity index (χ1n) is 5.72. The van der Waals surface area contributed by atoms with E-state index in [1.165, 1.54) is 6.20 Å². The van der Waals surface area contributed by atoms with E-state index in [9.17, 15) is 4.79 Å². The number of H-pyrrole nitrogens is 1. The molecule has 0 aliphatic rings. The molecule has 6 nitrogen and oxygen atoms in total. The van der Waals surface area contributed by atoms with Crippen molar-refractivity contribution >= 4 is 33.0 Å². The zero-order chi connectivity index (χ0) is 12.8. The molecule has 0 amide bonds. The number of rotatable bonds is 0. The summed E-state index contributed by atoms with van der Waals surface area (Å²) in [6, 6.07) is 7.28. The molecule has 19 heavy (non-hydrogen) atoms. The SMILES string of the molecule is O=c1nc2ccccc2nc2c1cnc1[nH]ncc12. The maximum absolute atomic E-state index is 12.1. The van der Waals surface area contributed by atoms with Gasteiger partial charge in [0.05, 0.1) is 33.5 Å². The first kappa shape index (κ1) is 10.1. The molecule has 3 heterocycles. The lowest BCUT2D eigenvalue weighted by Crippen LogP contribution is -2.02. The number of nitrogens with one attached hydrogen (secondary N) is 1. The highest BCUT2D eigenvalue weighted by Gasteiger charge is 2.08. The first-order valence-corrected chi connectivity index (χ1v) is 5.72. The van der Waals surface area contributed by atoms with Gasteiger partial charge in [-0.3, -0.25) is 9.89 Å².